The van der Waals surface area contributed by atoms with Crippen LogP contribution in [-0.4, -0.2) is 66.6 Å². The summed E-state index contributed by atoms with van der Waals surface area (Å²) in [6.07, 6.45) is 0.259. The van der Waals surface area contributed by atoms with Crippen molar-refractivity contribution in [3.63, 3.8) is 0 Å². The molecule has 2 aliphatic heterocycles. The van der Waals surface area contributed by atoms with E-state index in [1.807, 2.05) is 29.3 Å². The van der Waals surface area contributed by atoms with Crippen molar-refractivity contribution in [1.82, 2.24) is 9.80 Å². The lowest BCUT2D eigenvalue weighted by Crippen LogP contribution is -2.62. The summed E-state index contributed by atoms with van der Waals surface area (Å²) in [4.78, 5) is 16.8. The van der Waals surface area contributed by atoms with Gasteiger partial charge in [-0.15, -0.1) is 11.3 Å². The summed E-state index contributed by atoms with van der Waals surface area (Å²) in [5.74, 6) is -2.57. The fraction of sp³-hybridized carbons (Fsp3) is 0.688. The van der Waals surface area contributed by atoms with Crippen LogP contribution in [0, 0.1) is 0 Å². The van der Waals surface area contributed by atoms with Crippen molar-refractivity contribution in [3.05, 3.63) is 22.4 Å². The SMILES string of the molecule is CCOC[C@@H]1CC(F)(F)CN1C1CN(C(=O)Cc2cccs2)C1. The van der Waals surface area contributed by atoms with Gasteiger partial charge in [0.05, 0.1) is 19.6 Å². The van der Waals surface area contributed by atoms with Gasteiger partial charge in [0.25, 0.3) is 5.92 Å². The summed E-state index contributed by atoms with van der Waals surface area (Å²) in [5.41, 5.74) is 0. The Morgan fingerprint density at radius 2 is 2.26 bits per heavy atom. The molecule has 0 saturated carbocycles. The first-order valence-electron chi connectivity index (χ1n) is 8.00. The maximum atomic E-state index is 13.7. The van der Waals surface area contributed by atoms with E-state index in [4.69, 9.17) is 4.74 Å². The van der Waals surface area contributed by atoms with Crippen LogP contribution in [0.5, 0.6) is 0 Å². The van der Waals surface area contributed by atoms with Gasteiger partial charge in [-0.2, -0.15) is 0 Å². The van der Waals surface area contributed by atoms with E-state index in [9.17, 15) is 13.6 Å². The van der Waals surface area contributed by atoms with Gasteiger partial charge in [-0.3, -0.25) is 9.69 Å². The number of hydrogen-bond donors (Lipinski definition) is 0. The summed E-state index contributed by atoms with van der Waals surface area (Å²) in [6, 6.07) is 3.65. The Bertz CT molecular complexity index is 532. The first-order valence-corrected chi connectivity index (χ1v) is 8.88. The molecule has 0 bridgehead atoms. The van der Waals surface area contributed by atoms with E-state index in [0.29, 0.717) is 32.7 Å². The lowest BCUT2D eigenvalue weighted by atomic mass is 10.1. The van der Waals surface area contributed by atoms with Crippen molar-refractivity contribution < 1.29 is 18.3 Å². The average molecular weight is 344 g/mol. The van der Waals surface area contributed by atoms with Crippen LogP contribution in [0.25, 0.3) is 0 Å². The number of carbonyl (C=O) groups excluding carboxylic acids is 1. The highest BCUT2D eigenvalue weighted by molar-refractivity contribution is 7.10. The molecule has 7 heteroatoms. The highest BCUT2D eigenvalue weighted by Crippen LogP contribution is 2.35. The molecule has 3 heterocycles. The summed E-state index contributed by atoms with van der Waals surface area (Å²) in [5, 5.41) is 1.95. The van der Waals surface area contributed by atoms with Crippen LogP contribution in [0.2, 0.25) is 0 Å². The van der Waals surface area contributed by atoms with Crippen molar-refractivity contribution in [3.8, 4) is 0 Å². The maximum absolute atomic E-state index is 13.7. The minimum Gasteiger partial charge on any atom is -0.380 e. The Labute approximate surface area is 139 Å². The second-order valence-corrected chi connectivity index (χ2v) is 7.29. The second-order valence-electron chi connectivity index (χ2n) is 6.25. The van der Waals surface area contributed by atoms with Gasteiger partial charge in [0, 0.05) is 43.1 Å². The van der Waals surface area contributed by atoms with Gasteiger partial charge in [0.2, 0.25) is 5.91 Å². The summed E-state index contributed by atoms with van der Waals surface area (Å²) in [7, 11) is 0. The highest BCUT2D eigenvalue weighted by atomic mass is 32.1. The van der Waals surface area contributed by atoms with Crippen molar-refractivity contribution in [2.75, 3.05) is 32.8 Å². The molecule has 1 aromatic rings. The van der Waals surface area contributed by atoms with Crippen molar-refractivity contribution in [2.45, 2.75) is 37.8 Å². The van der Waals surface area contributed by atoms with Gasteiger partial charge in [-0.05, 0) is 18.4 Å². The molecule has 1 atom stereocenters. The molecule has 0 aliphatic carbocycles. The number of alkyl halides is 2. The number of carbonyl (C=O) groups is 1. The average Bonchev–Trinajstić information content (AvgIpc) is 3.02. The summed E-state index contributed by atoms with van der Waals surface area (Å²) in [6.45, 7) is 3.61. The minimum absolute atomic E-state index is 0.0288. The predicted molar refractivity (Wildman–Crippen MR) is 84.9 cm³/mol. The second kappa shape index (κ2) is 6.83. The lowest BCUT2D eigenvalue weighted by Gasteiger charge is -2.45. The van der Waals surface area contributed by atoms with Crippen LogP contribution in [-0.2, 0) is 16.0 Å². The smallest absolute Gasteiger partial charge is 0.262 e. The molecule has 3 rings (SSSR count). The quantitative estimate of drug-likeness (QED) is 0.793. The number of likely N-dealkylation sites (tertiary alicyclic amines) is 2. The fourth-order valence-electron chi connectivity index (χ4n) is 3.30. The predicted octanol–water partition coefficient (Wildman–Crippen LogP) is 2.25. The first kappa shape index (κ1) is 16.8. The fourth-order valence-corrected chi connectivity index (χ4v) is 4.00. The first-order chi connectivity index (χ1) is 11.0. The molecular formula is C16H22F2N2O2S. The maximum Gasteiger partial charge on any atom is 0.262 e. The number of ether oxygens (including phenoxy) is 1. The molecule has 2 fully saturated rings. The zero-order valence-corrected chi connectivity index (χ0v) is 14.0. The van der Waals surface area contributed by atoms with Gasteiger partial charge in [-0.1, -0.05) is 6.07 Å². The Kier molecular flexibility index (Phi) is 4.98. The number of thiophene rings is 1. The van der Waals surface area contributed by atoms with Crippen LogP contribution < -0.4 is 0 Å². The molecule has 0 aromatic carbocycles. The van der Waals surface area contributed by atoms with Crippen molar-refractivity contribution in [2.24, 2.45) is 0 Å². The molecule has 0 N–H and O–H groups in total. The Hall–Kier alpha value is -1.05. The van der Waals surface area contributed by atoms with Gasteiger partial charge >= 0.3 is 0 Å². The third kappa shape index (κ3) is 3.89. The van der Waals surface area contributed by atoms with E-state index >= 15 is 0 Å². The molecule has 1 aromatic heterocycles. The molecule has 0 radical (unpaired) electrons. The normalized spacial score (nSPS) is 24.8. The van der Waals surface area contributed by atoms with Crippen LogP contribution in [0.3, 0.4) is 0 Å². The van der Waals surface area contributed by atoms with Crippen LogP contribution in [0.15, 0.2) is 17.5 Å². The monoisotopic (exact) mass is 344 g/mol. The molecule has 2 saturated heterocycles. The van der Waals surface area contributed by atoms with Gasteiger partial charge < -0.3 is 9.64 Å². The number of hydrogen-bond acceptors (Lipinski definition) is 4. The lowest BCUT2D eigenvalue weighted by molar-refractivity contribution is -0.138. The zero-order chi connectivity index (χ0) is 16.4. The van der Waals surface area contributed by atoms with E-state index in [-0.39, 0.29) is 31.0 Å². The Balaban J connectivity index is 1.52. The van der Waals surface area contributed by atoms with E-state index < -0.39 is 5.92 Å². The molecule has 1 amide bonds. The molecule has 23 heavy (non-hydrogen) atoms. The molecule has 0 spiro atoms. The van der Waals surface area contributed by atoms with Crippen LogP contribution in [0.1, 0.15) is 18.2 Å². The van der Waals surface area contributed by atoms with Crippen LogP contribution >= 0.6 is 11.3 Å². The number of rotatable bonds is 6. The topological polar surface area (TPSA) is 32.8 Å². The van der Waals surface area contributed by atoms with Gasteiger partial charge in [0.15, 0.2) is 0 Å². The number of halogens is 2. The highest BCUT2D eigenvalue weighted by Gasteiger charge is 2.50. The largest absolute Gasteiger partial charge is 0.380 e. The molecule has 2 aliphatic rings. The number of amides is 1. The summed E-state index contributed by atoms with van der Waals surface area (Å²) < 4.78 is 32.8. The Morgan fingerprint density at radius 1 is 1.48 bits per heavy atom. The van der Waals surface area contributed by atoms with E-state index in [2.05, 4.69) is 0 Å². The zero-order valence-electron chi connectivity index (χ0n) is 13.2. The van der Waals surface area contributed by atoms with Crippen molar-refractivity contribution in [1.29, 1.82) is 0 Å². The molecule has 128 valence electrons. The van der Waals surface area contributed by atoms with Crippen molar-refractivity contribution >= 4 is 17.2 Å². The third-order valence-corrected chi connectivity index (χ3v) is 5.40. The van der Waals surface area contributed by atoms with Gasteiger partial charge in [0.1, 0.15) is 0 Å². The standard InChI is InChI=1S/C16H22F2N2O2S/c1-2-22-10-12-7-16(17,18)11-20(12)13-8-19(9-13)15(21)6-14-4-3-5-23-14/h3-5,12-13H,2,6-11H2,1H3/t12-/m0/s1. The van der Waals surface area contributed by atoms with E-state index in [0.717, 1.165) is 4.88 Å². The minimum atomic E-state index is -2.65. The van der Waals surface area contributed by atoms with Crippen LogP contribution in [0.4, 0.5) is 8.78 Å². The molecule has 0 unspecified atom stereocenters. The van der Waals surface area contributed by atoms with E-state index in [1.54, 1.807) is 16.2 Å². The third-order valence-electron chi connectivity index (χ3n) is 4.52. The molecular weight excluding hydrogens is 322 g/mol. The summed E-state index contributed by atoms with van der Waals surface area (Å²) >= 11 is 1.56. The van der Waals surface area contributed by atoms with E-state index in [1.165, 1.54) is 0 Å². The Morgan fingerprint density at radius 3 is 2.91 bits per heavy atom. The molecule has 4 nitrogen and oxygen atoms in total. The van der Waals surface area contributed by atoms with Gasteiger partial charge in [-0.25, -0.2) is 8.78 Å². The number of nitrogens with zero attached hydrogens (tertiary/aromatic N) is 2.